The number of unbranched alkanes of at least 4 members (excludes halogenated alkanes) is 1. The second kappa shape index (κ2) is 8.06. The van der Waals surface area contributed by atoms with Gasteiger partial charge in [0.05, 0.1) is 12.1 Å². The lowest BCUT2D eigenvalue weighted by atomic mass is 10.1. The highest BCUT2D eigenvalue weighted by molar-refractivity contribution is 5.88. The molecule has 2 N–H and O–H groups in total. The number of carbonyl (C=O) groups is 2. The molecule has 0 aliphatic rings. The molecule has 0 heterocycles. The van der Waals surface area contributed by atoms with Gasteiger partial charge in [0.25, 0.3) is 0 Å². The van der Waals surface area contributed by atoms with Crippen LogP contribution in [0.4, 0.5) is 0 Å². The number of carboxylic acid groups (broad SMARTS) is 1. The van der Waals surface area contributed by atoms with Crippen LogP contribution in [0.15, 0.2) is 24.3 Å². The van der Waals surface area contributed by atoms with Gasteiger partial charge in [-0.3, -0.25) is 4.79 Å². The van der Waals surface area contributed by atoms with Gasteiger partial charge in [-0.25, -0.2) is 4.79 Å². The molecular formula is C15H17NO3. The minimum atomic E-state index is -0.947. The maximum absolute atomic E-state index is 10.8. The molecule has 1 aromatic rings. The second-order valence-corrected chi connectivity index (χ2v) is 4.17. The van der Waals surface area contributed by atoms with Crippen molar-refractivity contribution in [3.8, 4) is 11.8 Å². The zero-order valence-corrected chi connectivity index (χ0v) is 10.9. The largest absolute Gasteiger partial charge is 0.478 e. The molecule has 0 fully saturated rings. The van der Waals surface area contributed by atoms with Crippen molar-refractivity contribution in [2.45, 2.75) is 19.8 Å². The van der Waals surface area contributed by atoms with E-state index in [1.165, 1.54) is 0 Å². The molecule has 100 valence electrons. The van der Waals surface area contributed by atoms with Crippen LogP contribution >= 0.6 is 0 Å². The molecule has 19 heavy (non-hydrogen) atoms. The summed E-state index contributed by atoms with van der Waals surface area (Å²) in [6, 6.07) is 6.57. The van der Waals surface area contributed by atoms with Crippen LogP contribution < -0.4 is 5.32 Å². The Labute approximate surface area is 112 Å². The van der Waals surface area contributed by atoms with Gasteiger partial charge in [-0.1, -0.05) is 17.9 Å². The minimum absolute atomic E-state index is 0.122. The van der Waals surface area contributed by atoms with Crippen LogP contribution in [0.5, 0.6) is 0 Å². The van der Waals surface area contributed by atoms with E-state index in [1.54, 1.807) is 31.2 Å². The Morgan fingerprint density at radius 1 is 1.37 bits per heavy atom. The fraction of sp³-hybridized carbons (Fsp3) is 0.333. The van der Waals surface area contributed by atoms with E-state index in [0.29, 0.717) is 18.5 Å². The van der Waals surface area contributed by atoms with Gasteiger partial charge in [-0.2, -0.15) is 0 Å². The number of aromatic carboxylic acids is 1. The molecule has 0 aliphatic carbocycles. The maximum atomic E-state index is 10.8. The van der Waals surface area contributed by atoms with E-state index in [9.17, 15) is 9.59 Å². The van der Waals surface area contributed by atoms with Crippen LogP contribution in [0.2, 0.25) is 0 Å². The van der Waals surface area contributed by atoms with Crippen LogP contribution in [0, 0.1) is 11.8 Å². The van der Waals surface area contributed by atoms with Crippen LogP contribution in [0.3, 0.4) is 0 Å². The van der Waals surface area contributed by atoms with Crippen LogP contribution in [0.25, 0.3) is 0 Å². The van der Waals surface area contributed by atoms with Gasteiger partial charge in [0, 0.05) is 12.0 Å². The number of carboxylic acids is 1. The monoisotopic (exact) mass is 259 g/mol. The number of hydrogen-bond donors (Lipinski definition) is 2. The van der Waals surface area contributed by atoms with Gasteiger partial charge in [0.15, 0.2) is 0 Å². The summed E-state index contributed by atoms with van der Waals surface area (Å²) in [5, 5.41) is 11.9. The Morgan fingerprint density at radius 3 is 2.84 bits per heavy atom. The predicted molar refractivity (Wildman–Crippen MR) is 73.1 cm³/mol. The van der Waals surface area contributed by atoms with Gasteiger partial charge < -0.3 is 10.4 Å². The summed E-state index contributed by atoms with van der Waals surface area (Å²) in [7, 11) is 0. The highest BCUT2D eigenvalue weighted by Crippen LogP contribution is 2.03. The lowest BCUT2D eigenvalue weighted by molar-refractivity contribution is -0.116. The lowest BCUT2D eigenvalue weighted by Gasteiger charge is -1.98. The molecule has 0 saturated carbocycles. The molecule has 0 radical (unpaired) electrons. The number of carbonyl (C=O) groups excluding carboxylic acids is 1. The lowest BCUT2D eigenvalue weighted by Crippen LogP contribution is -2.21. The molecule has 1 rings (SSSR count). The number of Topliss-reactive ketones (excluding diaryl/α,β-unsaturated/α-hetero) is 1. The van der Waals surface area contributed by atoms with Crippen LogP contribution in [-0.4, -0.2) is 29.9 Å². The Morgan fingerprint density at radius 2 is 2.16 bits per heavy atom. The first-order chi connectivity index (χ1) is 9.09. The Kier molecular flexibility index (Phi) is 6.34. The zero-order chi connectivity index (χ0) is 14.1. The number of nitrogens with one attached hydrogen (secondary N) is 1. The van der Waals surface area contributed by atoms with E-state index >= 15 is 0 Å². The summed E-state index contributed by atoms with van der Waals surface area (Å²) >= 11 is 0. The predicted octanol–water partition coefficient (Wildman–Crippen LogP) is 1.70. The fourth-order valence-electron chi connectivity index (χ4n) is 1.46. The van der Waals surface area contributed by atoms with Crippen LogP contribution in [0.1, 0.15) is 35.7 Å². The Hall–Kier alpha value is -2.12. The molecule has 0 saturated heterocycles. The van der Waals surface area contributed by atoms with E-state index in [1.807, 2.05) is 0 Å². The normalized spacial score (nSPS) is 9.53. The first-order valence-electron chi connectivity index (χ1n) is 6.12. The minimum Gasteiger partial charge on any atom is -0.478 e. The first-order valence-corrected chi connectivity index (χ1v) is 6.12. The van der Waals surface area contributed by atoms with Gasteiger partial charge in [0.2, 0.25) is 0 Å². The maximum Gasteiger partial charge on any atom is 0.335 e. The van der Waals surface area contributed by atoms with Crippen molar-refractivity contribution in [3.05, 3.63) is 35.4 Å². The van der Waals surface area contributed by atoms with Gasteiger partial charge in [0.1, 0.15) is 5.78 Å². The highest BCUT2D eigenvalue weighted by atomic mass is 16.4. The van der Waals surface area contributed by atoms with Crippen molar-refractivity contribution in [2.75, 3.05) is 13.1 Å². The first kappa shape index (κ1) is 14.9. The molecule has 0 bridgehead atoms. The van der Waals surface area contributed by atoms with Crippen molar-refractivity contribution in [2.24, 2.45) is 0 Å². The summed E-state index contributed by atoms with van der Waals surface area (Å²) in [5.41, 5.74) is 0.950. The molecular weight excluding hydrogens is 242 g/mol. The summed E-state index contributed by atoms with van der Waals surface area (Å²) in [4.78, 5) is 21.4. The molecule has 0 unspecified atom stereocenters. The fourth-order valence-corrected chi connectivity index (χ4v) is 1.46. The quantitative estimate of drug-likeness (QED) is 0.602. The summed E-state index contributed by atoms with van der Waals surface area (Å²) < 4.78 is 0. The molecule has 0 amide bonds. The van der Waals surface area contributed by atoms with E-state index in [4.69, 9.17) is 5.11 Å². The third-order valence-corrected chi connectivity index (χ3v) is 2.37. The molecule has 1 aromatic carbocycles. The van der Waals surface area contributed by atoms with E-state index < -0.39 is 5.97 Å². The van der Waals surface area contributed by atoms with Gasteiger partial charge in [-0.05, 0) is 38.1 Å². The van der Waals surface area contributed by atoms with Crippen molar-refractivity contribution in [1.29, 1.82) is 0 Å². The topological polar surface area (TPSA) is 66.4 Å². The summed E-state index contributed by atoms with van der Waals surface area (Å²) in [5.74, 6) is 5.09. The van der Waals surface area contributed by atoms with E-state index in [0.717, 1.165) is 13.0 Å². The van der Waals surface area contributed by atoms with Crippen molar-refractivity contribution < 1.29 is 14.7 Å². The van der Waals surface area contributed by atoms with Gasteiger partial charge in [-0.15, -0.1) is 0 Å². The molecule has 0 aromatic heterocycles. The Bertz CT molecular complexity index is 512. The molecule has 0 atom stereocenters. The standard InChI is InChI=1S/C15H17NO3/c1-12(17)11-16-9-4-2-3-6-13-7-5-8-14(10-13)15(18)19/h5,7-8,10,16H,2,4,9,11H2,1H3,(H,18,19). The average molecular weight is 259 g/mol. The number of rotatable bonds is 6. The summed E-state index contributed by atoms with van der Waals surface area (Å²) in [6.45, 7) is 2.69. The number of ketones is 1. The van der Waals surface area contributed by atoms with Crippen molar-refractivity contribution in [3.63, 3.8) is 0 Å². The SMILES string of the molecule is CC(=O)CNCCCC#Cc1cccc(C(=O)O)c1. The van der Waals surface area contributed by atoms with E-state index in [2.05, 4.69) is 17.2 Å². The highest BCUT2D eigenvalue weighted by Gasteiger charge is 2.00. The molecule has 4 nitrogen and oxygen atoms in total. The summed E-state index contributed by atoms with van der Waals surface area (Å²) in [6.07, 6.45) is 1.57. The third-order valence-electron chi connectivity index (χ3n) is 2.37. The molecule has 0 spiro atoms. The average Bonchev–Trinajstić information content (AvgIpc) is 2.37. The third kappa shape index (κ3) is 6.39. The second-order valence-electron chi connectivity index (χ2n) is 4.17. The number of benzene rings is 1. The molecule has 0 aliphatic heterocycles. The Balaban J connectivity index is 2.35. The molecule has 4 heteroatoms. The smallest absolute Gasteiger partial charge is 0.335 e. The van der Waals surface area contributed by atoms with E-state index in [-0.39, 0.29) is 11.3 Å². The van der Waals surface area contributed by atoms with Gasteiger partial charge >= 0.3 is 5.97 Å². The number of hydrogen-bond acceptors (Lipinski definition) is 3. The van der Waals surface area contributed by atoms with Crippen LogP contribution in [-0.2, 0) is 4.79 Å². The zero-order valence-electron chi connectivity index (χ0n) is 10.9. The van der Waals surface area contributed by atoms with Crippen molar-refractivity contribution in [1.82, 2.24) is 5.32 Å². The van der Waals surface area contributed by atoms with Crippen molar-refractivity contribution >= 4 is 11.8 Å².